The minimum Gasteiger partial charge on any atom is -0.361 e. The number of piperidine rings is 1. The molecular formula is C19H24N6O. The van der Waals surface area contributed by atoms with Gasteiger partial charge in [-0.1, -0.05) is 5.16 Å². The predicted octanol–water partition coefficient (Wildman–Crippen LogP) is 2.93. The molecule has 4 heterocycles. The van der Waals surface area contributed by atoms with Crippen molar-refractivity contribution in [3.63, 3.8) is 0 Å². The fraction of sp³-hybridized carbons (Fsp3) is 0.474. The van der Waals surface area contributed by atoms with Gasteiger partial charge in [0, 0.05) is 30.7 Å². The summed E-state index contributed by atoms with van der Waals surface area (Å²) in [5.74, 6) is 1.41. The highest BCUT2D eigenvalue weighted by atomic mass is 16.5. The number of H-pyrrole nitrogens is 1. The molecule has 0 aliphatic carbocycles. The molecule has 7 heteroatoms. The van der Waals surface area contributed by atoms with Crippen LogP contribution < -0.4 is 0 Å². The smallest absolute Gasteiger partial charge is 0.143 e. The number of hydrogen-bond donors (Lipinski definition) is 1. The summed E-state index contributed by atoms with van der Waals surface area (Å²) >= 11 is 0. The van der Waals surface area contributed by atoms with Crippen molar-refractivity contribution in [2.45, 2.75) is 39.7 Å². The van der Waals surface area contributed by atoms with E-state index < -0.39 is 0 Å². The molecule has 4 rings (SSSR count). The number of aromatic nitrogens is 5. The van der Waals surface area contributed by atoms with Gasteiger partial charge in [0.1, 0.15) is 12.1 Å². The van der Waals surface area contributed by atoms with Gasteiger partial charge in [0.2, 0.25) is 0 Å². The fourth-order valence-electron chi connectivity index (χ4n) is 3.87. The lowest BCUT2D eigenvalue weighted by Crippen LogP contribution is -2.35. The van der Waals surface area contributed by atoms with E-state index in [4.69, 9.17) is 4.52 Å². The molecule has 1 aliphatic rings. The standard InChI is InChI=1S/C19H24N6O/c1-13-19(14(2)26-24-13)18-9-17(20-12-21-18)8-15-4-3-7-25(10-15)11-16-5-6-22-23-16/h5-6,9,12,15H,3-4,7-8,10-11H2,1-2H3,(H,22,23). The first kappa shape index (κ1) is 16.9. The molecule has 26 heavy (non-hydrogen) atoms. The topological polar surface area (TPSA) is 83.7 Å². The van der Waals surface area contributed by atoms with Crippen LogP contribution in [-0.2, 0) is 13.0 Å². The van der Waals surface area contributed by atoms with Gasteiger partial charge in [-0.15, -0.1) is 0 Å². The molecule has 3 aromatic heterocycles. The number of hydrogen-bond acceptors (Lipinski definition) is 6. The Bertz CT molecular complexity index is 837. The van der Waals surface area contributed by atoms with Gasteiger partial charge < -0.3 is 4.52 Å². The van der Waals surface area contributed by atoms with Gasteiger partial charge in [-0.25, -0.2) is 9.97 Å². The van der Waals surface area contributed by atoms with Gasteiger partial charge in [-0.3, -0.25) is 10.00 Å². The summed E-state index contributed by atoms with van der Waals surface area (Å²) in [4.78, 5) is 11.4. The van der Waals surface area contributed by atoms with Crippen LogP contribution in [0.1, 0.15) is 35.7 Å². The lowest BCUT2D eigenvalue weighted by molar-refractivity contribution is 0.164. The molecule has 1 fully saturated rings. The Morgan fingerprint density at radius 3 is 3.00 bits per heavy atom. The number of aryl methyl sites for hydroxylation is 2. The third-order valence-electron chi connectivity index (χ3n) is 5.07. The highest BCUT2D eigenvalue weighted by molar-refractivity contribution is 5.63. The first-order valence-corrected chi connectivity index (χ1v) is 9.14. The maximum atomic E-state index is 5.28. The average Bonchev–Trinajstić information content (AvgIpc) is 3.25. The zero-order chi connectivity index (χ0) is 17.9. The largest absolute Gasteiger partial charge is 0.361 e. The lowest BCUT2D eigenvalue weighted by atomic mass is 9.92. The maximum absolute atomic E-state index is 5.28. The van der Waals surface area contributed by atoms with Gasteiger partial charge in [0.15, 0.2) is 0 Å². The van der Waals surface area contributed by atoms with Gasteiger partial charge in [-0.05, 0) is 57.7 Å². The van der Waals surface area contributed by atoms with E-state index in [-0.39, 0.29) is 0 Å². The van der Waals surface area contributed by atoms with Crippen LogP contribution in [0.4, 0.5) is 0 Å². The molecule has 0 bridgehead atoms. The molecule has 7 nitrogen and oxygen atoms in total. The summed E-state index contributed by atoms with van der Waals surface area (Å²) in [6.45, 7) is 7.03. The van der Waals surface area contributed by atoms with Crippen LogP contribution in [-0.4, -0.2) is 43.3 Å². The van der Waals surface area contributed by atoms with E-state index in [9.17, 15) is 0 Å². The van der Waals surface area contributed by atoms with Gasteiger partial charge >= 0.3 is 0 Å². The molecule has 0 amide bonds. The quantitative estimate of drug-likeness (QED) is 0.760. The third-order valence-corrected chi connectivity index (χ3v) is 5.07. The Labute approximate surface area is 152 Å². The number of likely N-dealkylation sites (tertiary alicyclic amines) is 1. The summed E-state index contributed by atoms with van der Waals surface area (Å²) in [7, 11) is 0. The molecule has 1 saturated heterocycles. The zero-order valence-electron chi connectivity index (χ0n) is 15.3. The van der Waals surface area contributed by atoms with E-state index in [1.165, 1.54) is 18.5 Å². The van der Waals surface area contributed by atoms with Crippen molar-refractivity contribution < 1.29 is 4.52 Å². The van der Waals surface area contributed by atoms with E-state index >= 15 is 0 Å². The van der Waals surface area contributed by atoms with Crippen LogP contribution in [0.25, 0.3) is 11.3 Å². The zero-order valence-corrected chi connectivity index (χ0v) is 15.3. The summed E-state index contributed by atoms with van der Waals surface area (Å²) in [6, 6.07) is 4.13. The Morgan fingerprint density at radius 1 is 1.31 bits per heavy atom. The monoisotopic (exact) mass is 352 g/mol. The second-order valence-corrected chi connectivity index (χ2v) is 7.12. The van der Waals surface area contributed by atoms with Crippen molar-refractivity contribution in [2.75, 3.05) is 13.1 Å². The predicted molar refractivity (Wildman–Crippen MR) is 97.3 cm³/mol. The highest BCUT2D eigenvalue weighted by Gasteiger charge is 2.22. The summed E-state index contributed by atoms with van der Waals surface area (Å²) in [5, 5.41) is 11.1. The minimum atomic E-state index is 0.610. The first-order chi connectivity index (χ1) is 12.7. The Morgan fingerprint density at radius 2 is 2.23 bits per heavy atom. The number of rotatable bonds is 5. The maximum Gasteiger partial charge on any atom is 0.143 e. The summed E-state index contributed by atoms with van der Waals surface area (Å²) < 4.78 is 5.28. The van der Waals surface area contributed by atoms with E-state index in [1.54, 1.807) is 6.33 Å². The van der Waals surface area contributed by atoms with E-state index in [0.717, 1.165) is 54.5 Å². The first-order valence-electron chi connectivity index (χ1n) is 9.14. The Balaban J connectivity index is 1.44. The Hall–Kier alpha value is -2.54. The van der Waals surface area contributed by atoms with Crippen molar-refractivity contribution in [3.8, 4) is 11.3 Å². The van der Waals surface area contributed by atoms with Crippen molar-refractivity contribution in [1.29, 1.82) is 0 Å². The number of nitrogens with one attached hydrogen (secondary N) is 1. The van der Waals surface area contributed by atoms with Gasteiger partial charge in [0.25, 0.3) is 0 Å². The van der Waals surface area contributed by atoms with E-state index in [2.05, 4.69) is 36.3 Å². The lowest BCUT2D eigenvalue weighted by Gasteiger charge is -2.32. The van der Waals surface area contributed by atoms with Crippen LogP contribution in [0.5, 0.6) is 0 Å². The molecule has 1 N–H and O–H groups in total. The molecule has 0 spiro atoms. The van der Waals surface area contributed by atoms with E-state index in [1.807, 2.05) is 26.1 Å². The van der Waals surface area contributed by atoms with E-state index in [0.29, 0.717) is 5.92 Å². The van der Waals surface area contributed by atoms with Crippen LogP contribution in [0.15, 0.2) is 29.2 Å². The minimum absolute atomic E-state index is 0.610. The van der Waals surface area contributed by atoms with Crippen LogP contribution in [0, 0.1) is 19.8 Å². The molecular weight excluding hydrogens is 328 g/mol. The van der Waals surface area contributed by atoms with Gasteiger partial charge in [0.05, 0.1) is 17.0 Å². The molecule has 136 valence electrons. The molecule has 0 saturated carbocycles. The fourth-order valence-corrected chi connectivity index (χ4v) is 3.87. The molecule has 1 aliphatic heterocycles. The van der Waals surface area contributed by atoms with Gasteiger partial charge in [-0.2, -0.15) is 5.10 Å². The normalized spacial score (nSPS) is 18.3. The molecule has 1 unspecified atom stereocenters. The Kier molecular flexibility index (Phi) is 4.79. The average molecular weight is 352 g/mol. The third kappa shape index (κ3) is 3.67. The van der Waals surface area contributed by atoms with Crippen molar-refractivity contribution in [1.82, 2.24) is 30.2 Å². The second-order valence-electron chi connectivity index (χ2n) is 7.12. The molecule has 0 aromatic carbocycles. The number of aromatic amines is 1. The summed E-state index contributed by atoms with van der Waals surface area (Å²) in [6.07, 6.45) is 6.90. The van der Waals surface area contributed by atoms with Crippen LogP contribution in [0.2, 0.25) is 0 Å². The second kappa shape index (κ2) is 7.37. The highest BCUT2D eigenvalue weighted by Crippen LogP contribution is 2.27. The molecule has 0 radical (unpaired) electrons. The SMILES string of the molecule is Cc1noc(C)c1-c1cc(CC2CCCN(Cc3ccn[nH]3)C2)ncn1. The number of nitrogens with zero attached hydrogens (tertiary/aromatic N) is 5. The van der Waals surface area contributed by atoms with Crippen LogP contribution >= 0.6 is 0 Å². The van der Waals surface area contributed by atoms with Crippen LogP contribution in [0.3, 0.4) is 0 Å². The molecule has 3 aromatic rings. The van der Waals surface area contributed by atoms with Crippen molar-refractivity contribution in [3.05, 3.63) is 47.5 Å². The van der Waals surface area contributed by atoms with Crippen molar-refractivity contribution >= 4 is 0 Å². The molecule has 1 atom stereocenters. The van der Waals surface area contributed by atoms with Crippen molar-refractivity contribution in [2.24, 2.45) is 5.92 Å². The summed E-state index contributed by atoms with van der Waals surface area (Å²) in [5.41, 5.74) is 5.02.